The number of hydrogen-bond donors (Lipinski definition) is 1. The third-order valence-corrected chi connectivity index (χ3v) is 4.43. The van der Waals surface area contributed by atoms with E-state index in [1.807, 2.05) is 37.3 Å². The molecule has 0 radical (unpaired) electrons. The largest absolute Gasteiger partial charge is 0.355 e. The van der Waals surface area contributed by atoms with Crippen molar-refractivity contribution in [1.82, 2.24) is 15.5 Å². The molecule has 0 fully saturated rings. The maximum Gasteiger partial charge on any atom is 0.273 e. The monoisotopic (exact) mass is 355 g/mol. The number of ketones is 1. The average molecular weight is 355 g/mol. The summed E-state index contributed by atoms with van der Waals surface area (Å²) in [5, 5.41) is 6.54. The van der Waals surface area contributed by atoms with Crippen LogP contribution in [0, 0.1) is 6.92 Å². The highest BCUT2D eigenvalue weighted by Gasteiger charge is 2.14. The van der Waals surface area contributed by atoms with E-state index >= 15 is 0 Å². The van der Waals surface area contributed by atoms with Gasteiger partial charge in [-0.1, -0.05) is 35.5 Å². The molecule has 0 aliphatic rings. The van der Waals surface area contributed by atoms with Crippen LogP contribution in [0.15, 0.2) is 46.4 Å². The fraction of sp³-hybridized carbons (Fsp3) is 0.222. The normalized spacial score (nSPS) is 10.6. The maximum absolute atomic E-state index is 12.1. The second-order valence-electron chi connectivity index (χ2n) is 5.48. The summed E-state index contributed by atoms with van der Waals surface area (Å²) in [6.07, 6.45) is 0.893. The Morgan fingerprint density at radius 1 is 1.24 bits per heavy atom. The molecule has 0 aliphatic carbocycles. The van der Waals surface area contributed by atoms with Crippen molar-refractivity contribution in [2.24, 2.45) is 0 Å². The first kappa shape index (κ1) is 17.0. The van der Waals surface area contributed by atoms with Crippen LogP contribution in [-0.2, 0) is 0 Å². The van der Waals surface area contributed by atoms with E-state index < -0.39 is 0 Å². The van der Waals surface area contributed by atoms with Crippen molar-refractivity contribution in [1.29, 1.82) is 0 Å². The van der Waals surface area contributed by atoms with Gasteiger partial charge in [0.05, 0.1) is 5.51 Å². The van der Waals surface area contributed by atoms with Crippen LogP contribution in [0.3, 0.4) is 0 Å². The number of aryl methyl sites for hydroxylation is 1. The lowest BCUT2D eigenvalue weighted by Gasteiger charge is -2.02. The van der Waals surface area contributed by atoms with Crippen LogP contribution in [0.1, 0.15) is 38.7 Å². The van der Waals surface area contributed by atoms with Crippen LogP contribution in [0.2, 0.25) is 0 Å². The molecular weight excluding hydrogens is 338 g/mol. The Morgan fingerprint density at radius 3 is 2.76 bits per heavy atom. The predicted octanol–water partition coefficient (Wildman–Crippen LogP) is 3.50. The van der Waals surface area contributed by atoms with Crippen molar-refractivity contribution in [2.75, 3.05) is 6.54 Å². The van der Waals surface area contributed by atoms with E-state index in [4.69, 9.17) is 4.52 Å². The molecule has 1 aromatic carbocycles. The molecular formula is C18H17N3O3S. The van der Waals surface area contributed by atoms with Crippen LogP contribution in [0.25, 0.3) is 11.3 Å². The number of nitrogens with zero attached hydrogens (tertiary/aromatic N) is 2. The van der Waals surface area contributed by atoms with Gasteiger partial charge in [0.1, 0.15) is 5.69 Å². The molecule has 0 spiro atoms. The number of hydrogen-bond acceptors (Lipinski definition) is 6. The van der Waals surface area contributed by atoms with Crippen molar-refractivity contribution in [3.05, 3.63) is 58.2 Å². The van der Waals surface area contributed by atoms with Crippen molar-refractivity contribution >= 4 is 23.0 Å². The van der Waals surface area contributed by atoms with E-state index in [9.17, 15) is 9.59 Å². The highest BCUT2D eigenvalue weighted by atomic mass is 32.1. The fourth-order valence-electron chi connectivity index (χ4n) is 2.35. The Morgan fingerprint density at radius 2 is 2.04 bits per heavy atom. The molecule has 6 nitrogen and oxygen atoms in total. The van der Waals surface area contributed by atoms with E-state index in [1.54, 1.807) is 11.6 Å². The first-order valence-electron chi connectivity index (χ1n) is 7.89. The summed E-state index contributed by atoms with van der Waals surface area (Å²) in [6, 6.07) is 11.1. The standard InChI is InChI=1S/C18H17N3O3S/c1-12-17(20-11-25-12)15(22)8-5-9-19-18(23)14-10-16(24-21-14)13-6-3-2-4-7-13/h2-4,6-7,10-11H,5,8-9H2,1H3,(H,19,23). The second kappa shape index (κ2) is 7.85. The first-order chi connectivity index (χ1) is 12.1. The smallest absolute Gasteiger partial charge is 0.273 e. The second-order valence-corrected chi connectivity index (χ2v) is 6.54. The van der Waals surface area contributed by atoms with Gasteiger partial charge >= 0.3 is 0 Å². The lowest BCUT2D eigenvalue weighted by Crippen LogP contribution is -2.25. The molecule has 128 valence electrons. The minimum absolute atomic E-state index is 0.000740. The third-order valence-electron chi connectivity index (χ3n) is 3.68. The predicted molar refractivity (Wildman–Crippen MR) is 94.7 cm³/mol. The zero-order valence-electron chi connectivity index (χ0n) is 13.7. The SMILES string of the molecule is Cc1scnc1C(=O)CCCNC(=O)c1cc(-c2ccccc2)on1. The fourth-order valence-corrected chi connectivity index (χ4v) is 2.95. The minimum Gasteiger partial charge on any atom is -0.355 e. The molecule has 0 unspecified atom stereocenters. The molecule has 2 heterocycles. The summed E-state index contributed by atoms with van der Waals surface area (Å²) >= 11 is 1.45. The number of amides is 1. The summed E-state index contributed by atoms with van der Waals surface area (Å²) in [5.41, 5.74) is 3.28. The van der Waals surface area contributed by atoms with E-state index in [0.717, 1.165) is 10.4 Å². The number of aromatic nitrogens is 2. The molecule has 3 rings (SSSR count). The first-order valence-corrected chi connectivity index (χ1v) is 8.76. The van der Waals surface area contributed by atoms with Gasteiger partial charge in [-0.15, -0.1) is 11.3 Å². The molecule has 1 N–H and O–H groups in total. The van der Waals surface area contributed by atoms with Crippen molar-refractivity contribution < 1.29 is 14.1 Å². The molecule has 0 atom stereocenters. The van der Waals surface area contributed by atoms with E-state index in [0.29, 0.717) is 30.8 Å². The number of rotatable bonds is 7. The van der Waals surface area contributed by atoms with Crippen LogP contribution >= 0.6 is 11.3 Å². The summed E-state index contributed by atoms with van der Waals surface area (Å²) in [5.74, 6) is 0.226. The van der Waals surface area contributed by atoms with Gasteiger partial charge in [0.15, 0.2) is 17.2 Å². The van der Waals surface area contributed by atoms with Gasteiger partial charge in [-0.25, -0.2) is 4.98 Å². The highest BCUT2D eigenvalue weighted by Crippen LogP contribution is 2.19. The molecule has 0 saturated carbocycles. The lowest BCUT2D eigenvalue weighted by molar-refractivity contribution is 0.0930. The van der Waals surface area contributed by atoms with E-state index in [1.165, 1.54) is 11.3 Å². The van der Waals surface area contributed by atoms with Gasteiger partial charge in [-0.3, -0.25) is 9.59 Å². The van der Waals surface area contributed by atoms with Gasteiger partial charge in [-0.05, 0) is 13.3 Å². The number of thiazole rings is 1. The van der Waals surface area contributed by atoms with Gasteiger partial charge in [0, 0.05) is 29.5 Å². The highest BCUT2D eigenvalue weighted by molar-refractivity contribution is 7.09. The number of benzene rings is 1. The Bertz CT molecular complexity index is 871. The Kier molecular flexibility index (Phi) is 5.35. The maximum atomic E-state index is 12.1. The van der Waals surface area contributed by atoms with Crippen molar-refractivity contribution in [2.45, 2.75) is 19.8 Å². The zero-order chi connectivity index (χ0) is 17.6. The van der Waals surface area contributed by atoms with Gasteiger partial charge < -0.3 is 9.84 Å². The van der Waals surface area contributed by atoms with Crippen molar-refractivity contribution in [3.63, 3.8) is 0 Å². The molecule has 0 saturated heterocycles. The molecule has 1 amide bonds. The topological polar surface area (TPSA) is 85.1 Å². The molecule has 7 heteroatoms. The van der Waals surface area contributed by atoms with Gasteiger partial charge in [0.25, 0.3) is 5.91 Å². The number of carbonyl (C=O) groups is 2. The summed E-state index contributed by atoms with van der Waals surface area (Å²) in [4.78, 5) is 29.1. The number of Topliss-reactive ketones (excluding diaryl/α,β-unsaturated/α-hetero) is 1. The van der Waals surface area contributed by atoms with Crippen LogP contribution in [0.5, 0.6) is 0 Å². The Hall–Kier alpha value is -2.80. The molecule has 3 aromatic rings. The van der Waals surface area contributed by atoms with Crippen LogP contribution < -0.4 is 5.32 Å². The molecule has 25 heavy (non-hydrogen) atoms. The van der Waals surface area contributed by atoms with Crippen LogP contribution in [-0.4, -0.2) is 28.4 Å². The van der Waals surface area contributed by atoms with E-state index in [2.05, 4.69) is 15.5 Å². The average Bonchev–Trinajstić information content (AvgIpc) is 3.28. The molecule has 0 bridgehead atoms. The van der Waals surface area contributed by atoms with Gasteiger partial charge in [0.2, 0.25) is 0 Å². The third kappa shape index (κ3) is 4.19. The van der Waals surface area contributed by atoms with E-state index in [-0.39, 0.29) is 17.4 Å². The number of nitrogens with one attached hydrogen (secondary N) is 1. The van der Waals surface area contributed by atoms with Crippen LogP contribution in [0.4, 0.5) is 0 Å². The minimum atomic E-state index is -0.316. The summed E-state index contributed by atoms with van der Waals surface area (Å²) in [6.45, 7) is 2.27. The van der Waals surface area contributed by atoms with Crippen molar-refractivity contribution in [3.8, 4) is 11.3 Å². The Labute approximate surface area is 148 Å². The quantitative estimate of drug-likeness (QED) is 0.518. The summed E-state index contributed by atoms with van der Waals surface area (Å²) < 4.78 is 5.21. The summed E-state index contributed by atoms with van der Waals surface area (Å²) in [7, 11) is 0. The zero-order valence-corrected chi connectivity index (χ0v) is 14.5. The van der Waals surface area contributed by atoms with Gasteiger partial charge in [-0.2, -0.15) is 0 Å². The Balaban J connectivity index is 1.48. The molecule has 2 aromatic heterocycles. The lowest BCUT2D eigenvalue weighted by atomic mass is 10.1. The molecule has 0 aliphatic heterocycles. The number of carbonyl (C=O) groups excluding carboxylic acids is 2.